The first-order chi connectivity index (χ1) is 9.70. The third kappa shape index (κ3) is 4.20. The van der Waals surface area contributed by atoms with Crippen LogP contribution in [0.25, 0.3) is 0 Å². The Bertz CT molecular complexity index is 493. The van der Waals surface area contributed by atoms with E-state index in [1.807, 2.05) is 19.9 Å². The van der Waals surface area contributed by atoms with Gasteiger partial charge in [-0.1, -0.05) is 0 Å². The van der Waals surface area contributed by atoms with Gasteiger partial charge in [0.1, 0.15) is 11.1 Å². The van der Waals surface area contributed by atoms with E-state index in [1.165, 1.54) is 6.42 Å². The highest BCUT2D eigenvalue weighted by Crippen LogP contribution is 2.23. The molecule has 1 aromatic heterocycles. The van der Waals surface area contributed by atoms with Gasteiger partial charge >= 0.3 is 0 Å². The van der Waals surface area contributed by atoms with Crippen molar-refractivity contribution in [2.24, 2.45) is 0 Å². The zero-order chi connectivity index (χ0) is 14.4. The fraction of sp³-hybridized carbons (Fsp3) is 0.600. The monoisotopic (exact) mass is 292 g/mol. The van der Waals surface area contributed by atoms with Gasteiger partial charge < -0.3 is 9.47 Å². The van der Waals surface area contributed by atoms with Gasteiger partial charge in [0.2, 0.25) is 0 Å². The molecule has 1 aromatic rings. The summed E-state index contributed by atoms with van der Waals surface area (Å²) in [6.07, 6.45) is 3.24. The number of hydrogen-bond acceptors (Lipinski definition) is 5. The van der Waals surface area contributed by atoms with Crippen molar-refractivity contribution in [2.45, 2.75) is 44.4 Å². The zero-order valence-corrected chi connectivity index (χ0v) is 12.8. The van der Waals surface area contributed by atoms with Gasteiger partial charge in [0, 0.05) is 18.1 Å². The third-order valence-electron chi connectivity index (χ3n) is 3.19. The molecule has 0 aromatic carbocycles. The molecule has 20 heavy (non-hydrogen) atoms. The van der Waals surface area contributed by atoms with Crippen LogP contribution in [0.2, 0.25) is 0 Å². The Labute approximate surface area is 124 Å². The minimum absolute atomic E-state index is 0.0491. The minimum atomic E-state index is -0.0491. The maximum Gasteiger partial charge on any atom is 0.157 e. The normalized spacial score (nSPS) is 18.8. The van der Waals surface area contributed by atoms with E-state index in [9.17, 15) is 5.26 Å². The number of thioether (sulfide) groups is 1. The lowest BCUT2D eigenvalue weighted by atomic mass is 10.1. The van der Waals surface area contributed by atoms with Crippen LogP contribution >= 0.6 is 11.8 Å². The number of nitrogens with zero attached hydrogens (tertiary/aromatic N) is 2. The third-order valence-corrected chi connectivity index (χ3v) is 4.13. The van der Waals surface area contributed by atoms with E-state index in [2.05, 4.69) is 11.1 Å². The predicted octanol–water partition coefficient (Wildman–Crippen LogP) is 3.21. The number of nitriles is 1. The second kappa shape index (κ2) is 7.63. The van der Waals surface area contributed by atoms with Crippen LogP contribution in [0.5, 0.6) is 0 Å². The molecule has 0 radical (unpaired) electrons. The lowest BCUT2D eigenvalue weighted by molar-refractivity contribution is -0.158. The van der Waals surface area contributed by atoms with E-state index in [1.54, 1.807) is 11.8 Å². The van der Waals surface area contributed by atoms with Crippen molar-refractivity contribution in [2.75, 3.05) is 19.0 Å². The Morgan fingerprint density at radius 2 is 2.35 bits per heavy atom. The molecular weight excluding hydrogens is 272 g/mol. The molecule has 0 spiro atoms. The number of ether oxygens (including phenoxy) is 2. The molecule has 0 amide bonds. The molecule has 1 saturated heterocycles. The van der Waals surface area contributed by atoms with E-state index in [-0.39, 0.29) is 6.29 Å². The molecule has 1 aliphatic rings. The highest BCUT2D eigenvalue weighted by Gasteiger charge is 2.14. The molecule has 1 atom stereocenters. The first kappa shape index (κ1) is 15.3. The van der Waals surface area contributed by atoms with Gasteiger partial charge in [0.25, 0.3) is 0 Å². The van der Waals surface area contributed by atoms with E-state index < -0.39 is 0 Å². The fourth-order valence-electron chi connectivity index (χ4n) is 2.20. The summed E-state index contributed by atoms with van der Waals surface area (Å²) in [5.74, 6) is 0.782. The molecule has 2 rings (SSSR count). The van der Waals surface area contributed by atoms with Crippen LogP contribution in [-0.2, 0) is 9.47 Å². The van der Waals surface area contributed by atoms with E-state index in [0.717, 1.165) is 41.5 Å². The Balaban J connectivity index is 1.83. The fourth-order valence-corrected chi connectivity index (χ4v) is 3.14. The minimum Gasteiger partial charge on any atom is -0.353 e. The average molecular weight is 292 g/mol. The topological polar surface area (TPSA) is 55.1 Å². The molecular formula is C15H20N2O2S. The number of pyridine rings is 1. The Hall–Kier alpha value is -1.09. The molecule has 1 fully saturated rings. The summed E-state index contributed by atoms with van der Waals surface area (Å²) in [7, 11) is 0. The Morgan fingerprint density at radius 3 is 3.05 bits per heavy atom. The van der Waals surface area contributed by atoms with Crippen molar-refractivity contribution in [3.63, 3.8) is 0 Å². The van der Waals surface area contributed by atoms with Crippen molar-refractivity contribution in [1.82, 2.24) is 4.98 Å². The highest BCUT2D eigenvalue weighted by molar-refractivity contribution is 7.99. The van der Waals surface area contributed by atoms with Crippen LogP contribution < -0.4 is 0 Å². The number of aromatic nitrogens is 1. The molecule has 5 heteroatoms. The average Bonchev–Trinajstić information content (AvgIpc) is 2.44. The maximum atomic E-state index is 9.20. The summed E-state index contributed by atoms with van der Waals surface area (Å²) in [6, 6.07) is 4.17. The van der Waals surface area contributed by atoms with Crippen molar-refractivity contribution < 1.29 is 9.47 Å². The van der Waals surface area contributed by atoms with Gasteiger partial charge in [0.05, 0.1) is 12.2 Å². The summed E-state index contributed by atoms with van der Waals surface area (Å²) in [5.41, 5.74) is 2.61. The summed E-state index contributed by atoms with van der Waals surface area (Å²) >= 11 is 1.57. The van der Waals surface area contributed by atoms with Crippen LogP contribution in [0, 0.1) is 25.2 Å². The van der Waals surface area contributed by atoms with Crippen LogP contribution in [0.1, 0.15) is 36.1 Å². The molecule has 108 valence electrons. The Morgan fingerprint density at radius 1 is 1.50 bits per heavy atom. The molecule has 0 saturated carbocycles. The molecule has 2 heterocycles. The van der Waals surface area contributed by atoms with Gasteiger partial charge in [-0.3, -0.25) is 0 Å². The van der Waals surface area contributed by atoms with Crippen LogP contribution in [-0.4, -0.2) is 30.2 Å². The largest absolute Gasteiger partial charge is 0.353 e. The quantitative estimate of drug-likeness (QED) is 0.616. The predicted molar refractivity (Wildman–Crippen MR) is 78.7 cm³/mol. The van der Waals surface area contributed by atoms with Gasteiger partial charge in [-0.15, -0.1) is 11.8 Å². The molecule has 4 nitrogen and oxygen atoms in total. The van der Waals surface area contributed by atoms with E-state index >= 15 is 0 Å². The number of aryl methyl sites for hydroxylation is 2. The van der Waals surface area contributed by atoms with Crippen LogP contribution in [0.3, 0.4) is 0 Å². The first-order valence-electron chi connectivity index (χ1n) is 6.95. The summed E-state index contributed by atoms with van der Waals surface area (Å²) in [4.78, 5) is 4.44. The zero-order valence-electron chi connectivity index (χ0n) is 12.0. The van der Waals surface area contributed by atoms with Crippen molar-refractivity contribution in [3.05, 3.63) is 22.9 Å². The van der Waals surface area contributed by atoms with E-state index in [0.29, 0.717) is 12.2 Å². The lowest BCUT2D eigenvalue weighted by Gasteiger charge is -2.22. The van der Waals surface area contributed by atoms with Crippen LogP contribution in [0.15, 0.2) is 11.1 Å². The van der Waals surface area contributed by atoms with Gasteiger partial charge in [0.15, 0.2) is 6.29 Å². The lowest BCUT2D eigenvalue weighted by Crippen LogP contribution is -2.23. The molecule has 0 N–H and O–H groups in total. The van der Waals surface area contributed by atoms with Crippen molar-refractivity contribution in [1.29, 1.82) is 5.26 Å². The Kier molecular flexibility index (Phi) is 5.84. The van der Waals surface area contributed by atoms with Gasteiger partial charge in [-0.25, -0.2) is 4.98 Å². The molecule has 0 aliphatic carbocycles. The smallest absolute Gasteiger partial charge is 0.157 e. The van der Waals surface area contributed by atoms with Gasteiger partial charge in [-0.05, 0) is 44.7 Å². The standard InChI is InChI=1S/C15H20N2O2S/c1-11-9-12(2)17-15(13(11)10-16)20-8-7-19-14-5-3-4-6-18-14/h9,14H,3-8H2,1-2H3. The SMILES string of the molecule is Cc1cc(C)c(C#N)c(SCCOC2CCCCO2)n1. The second-order valence-corrected chi connectivity index (χ2v) is 5.97. The second-order valence-electron chi connectivity index (χ2n) is 4.89. The number of hydrogen-bond donors (Lipinski definition) is 0. The molecule has 1 aliphatic heterocycles. The highest BCUT2D eigenvalue weighted by atomic mass is 32.2. The van der Waals surface area contributed by atoms with Crippen molar-refractivity contribution in [3.8, 4) is 6.07 Å². The van der Waals surface area contributed by atoms with Crippen molar-refractivity contribution >= 4 is 11.8 Å². The summed E-state index contributed by atoms with van der Waals surface area (Å²) in [6.45, 7) is 5.32. The molecule has 0 bridgehead atoms. The van der Waals surface area contributed by atoms with E-state index in [4.69, 9.17) is 9.47 Å². The molecule has 1 unspecified atom stereocenters. The van der Waals surface area contributed by atoms with Gasteiger partial charge in [-0.2, -0.15) is 5.26 Å². The maximum absolute atomic E-state index is 9.20. The first-order valence-corrected chi connectivity index (χ1v) is 7.93. The summed E-state index contributed by atoms with van der Waals surface area (Å²) in [5, 5.41) is 10.00. The number of rotatable bonds is 5. The van der Waals surface area contributed by atoms with Crippen LogP contribution in [0.4, 0.5) is 0 Å². The summed E-state index contributed by atoms with van der Waals surface area (Å²) < 4.78 is 11.2.